The van der Waals surface area contributed by atoms with E-state index in [1.165, 1.54) is 154 Å². The van der Waals surface area contributed by atoms with Gasteiger partial charge in [-0.2, -0.15) is 0 Å². The third-order valence-corrected chi connectivity index (χ3v) is 48.7. The summed E-state index contributed by atoms with van der Waals surface area (Å²) in [5.74, 6) is 0. The zero-order chi connectivity index (χ0) is 37.5. The van der Waals surface area contributed by atoms with Gasteiger partial charge in [-0.15, -0.1) is 0 Å². The number of hydrogen-bond donors (Lipinski definition) is 0. The van der Waals surface area contributed by atoms with Crippen LogP contribution in [0, 0.1) is 0 Å². The van der Waals surface area contributed by atoms with Crippen molar-refractivity contribution in [2.24, 2.45) is 0 Å². The van der Waals surface area contributed by atoms with Crippen LogP contribution in [0.2, 0.25) is 0 Å². The summed E-state index contributed by atoms with van der Waals surface area (Å²) in [6, 6.07) is 7.35. The minimum absolute atomic E-state index is 0.124. The van der Waals surface area contributed by atoms with Crippen LogP contribution < -0.4 is 0 Å². The van der Waals surface area contributed by atoms with E-state index in [0.717, 1.165) is 48.3 Å². The maximum atomic E-state index is 3.67. The van der Waals surface area contributed by atoms with Gasteiger partial charge in [0.25, 0.3) is 0 Å². The Morgan fingerprint density at radius 2 is 0.268 bits per heavy atom. The average molecular weight is 845 g/mol. The maximum Gasteiger partial charge on any atom is 0.0593 e. The van der Waals surface area contributed by atoms with Gasteiger partial charge in [-0.1, -0.05) is 154 Å². The first-order valence-corrected chi connectivity index (χ1v) is 34.2. The van der Waals surface area contributed by atoms with Gasteiger partial charge < -0.3 is 0 Å². The fourth-order valence-electron chi connectivity index (χ4n) is 14.1. The fourth-order valence-corrected chi connectivity index (χ4v) is 54.4. The van der Waals surface area contributed by atoms with Crippen molar-refractivity contribution in [1.29, 1.82) is 0 Å². The average Bonchev–Trinajstić information content (AvgIpc) is 3.29. The predicted octanol–water partition coefficient (Wildman–Crippen LogP) is 17.1. The van der Waals surface area contributed by atoms with Crippen LogP contribution >= 0.6 is 29.8 Å². The lowest BCUT2D eigenvalue weighted by Gasteiger charge is -2.70. The molecule has 8 heteroatoms. The second kappa shape index (κ2) is 21.8. The van der Waals surface area contributed by atoms with E-state index >= 15 is 0 Å². The Balaban J connectivity index is 1.23. The summed E-state index contributed by atoms with van der Waals surface area (Å²) >= 11 is 0. The zero-order valence-corrected chi connectivity index (χ0v) is 40.1. The smallest absolute Gasteiger partial charge is 0.0593 e. The molecule has 1 heterocycles. The molecule has 0 unspecified atom stereocenters. The van der Waals surface area contributed by atoms with Gasteiger partial charge in [-0.3, -0.25) is 18.7 Å². The highest BCUT2D eigenvalue weighted by molar-refractivity contribution is 9.07. The fraction of sp³-hybridized carbons (Fsp3) is 1.00. The first-order valence-electron chi connectivity index (χ1n) is 26.2. The highest BCUT2D eigenvalue weighted by atomic mass is 33.0. The summed E-state index contributed by atoms with van der Waals surface area (Å²) in [7, 11) is -0.494. The van der Waals surface area contributed by atoms with Crippen LogP contribution in [0.5, 0.6) is 0 Å². The summed E-state index contributed by atoms with van der Waals surface area (Å²) in [6.45, 7) is 0. The lowest BCUT2D eigenvalue weighted by atomic mass is 9.91. The van der Waals surface area contributed by atoms with Crippen LogP contribution in [0.3, 0.4) is 0 Å². The Hall–Kier alpha value is 1.56. The molecule has 0 bridgehead atoms. The van der Waals surface area contributed by atoms with Crippen LogP contribution in [-0.2, 0) is 0 Å². The molecule has 0 amide bonds. The third-order valence-electron chi connectivity index (χ3n) is 17.1. The third kappa shape index (κ3) is 9.85. The number of nitrogens with zero attached hydrogens (tertiary/aromatic N) is 4. The minimum Gasteiger partial charge on any atom is -0.266 e. The van der Waals surface area contributed by atoms with Gasteiger partial charge in [0.05, 0.1) is 29.8 Å². The molecule has 0 spiro atoms. The van der Waals surface area contributed by atoms with Crippen LogP contribution in [0.25, 0.3) is 0 Å². The second-order valence-electron chi connectivity index (χ2n) is 20.9. The van der Waals surface area contributed by atoms with Crippen molar-refractivity contribution in [3.8, 4) is 0 Å². The normalized spacial score (nSPS) is 34.5. The summed E-state index contributed by atoms with van der Waals surface area (Å²) in [6.07, 6.45) is 61.4. The molecule has 9 rings (SSSR count). The predicted molar refractivity (Wildman–Crippen MR) is 250 cm³/mol. The van der Waals surface area contributed by atoms with Crippen LogP contribution in [0.4, 0.5) is 0 Å². The van der Waals surface area contributed by atoms with E-state index in [4.69, 9.17) is 0 Å². The topological polar surface area (TPSA) is 13.0 Å². The zero-order valence-electron chi connectivity index (χ0n) is 36.5. The first-order chi connectivity index (χ1) is 27.9. The van der Waals surface area contributed by atoms with Crippen molar-refractivity contribution in [3.63, 3.8) is 0 Å². The van der Waals surface area contributed by atoms with Crippen LogP contribution in [0.1, 0.15) is 257 Å². The lowest BCUT2D eigenvalue weighted by Crippen LogP contribution is -2.51. The number of hydrogen-bond acceptors (Lipinski definition) is 4. The van der Waals surface area contributed by atoms with Crippen LogP contribution in [-0.4, -0.2) is 67.0 Å². The highest BCUT2D eigenvalue weighted by Gasteiger charge is 2.66. The van der Waals surface area contributed by atoms with Crippen LogP contribution in [0.15, 0.2) is 0 Å². The van der Waals surface area contributed by atoms with Gasteiger partial charge in [0, 0.05) is 48.3 Å². The summed E-state index contributed by atoms with van der Waals surface area (Å²) in [5, 5.41) is 0. The van der Waals surface area contributed by atoms with E-state index in [1.807, 2.05) is 0 Å². The standard InChI is InChI=1S/C48H88N4P4/c1-9-25-41(26-10-1)49(42-27-11-2-12-28-42)53-54(50(43-29-13-3-14-30-43)44-31-15-4-16-32-44)56(52(47-37-21-7-22-38-47)48-39-23-8-24-40-48)55(53)51(45-33-17-5-18-34-45)46-35-19-6-20-36-46/h41-48H,1-40H2. The van der Waals surface area contributed by atoms with Crippen molar-refractivity contribution in [1.82, 2.24) is 18.7 Å². The van der Waals surface area contributed by atoms with Crippen molar-refractivity contribution < 1.29 is 0 Å². The van der Waals surface area contributed by atoms with Gasteiger partial charge in [-0.05, 0) is 103 Å². The quantitative estimate of drug-likeness (QED) is 0.181. The van der Waals surface area contributed by atoms with Crippen molar-refractivity contribution in [2.75, 3.05) is 0 Å². The van der Waals surface area contributed by atoms with E-state index in [2.05, 4.69) is 18.7 Å². The molecule has 0 aromatic heterocycles. The summed E-state index contributed by atoms with van der Waals surface area (Å²) in [5.41, 5.74) is 0. The molecule has 4 nitrogen and oxygen atoms in total. The molecular weight excluding hydrogens is 756 g/mol. The second-order valence-corrected chi connectivity index (χ2v) is 37.8. The van der Waals surface area contributed by atoms with E-state index in [-0.39, 0.29) is 29.8 Å². The molecule has 9 aliphatic rings. The molecule has 0 radical (unpaired) electrons. The molecule has 0 atom stereocenters. The van der Waals surface area contributed by atoms with E-state index < -0.39 is 0 Å². The van der Waals surface area contributed by atoms with Crippen molar-refractivity contribution in [3.05, 3.63) is 0 Å². The first kappa shape index (κ1) is 42.8. The van der Waals surface area contributed by atoms with E-state index in [9.17, 15) is 0 Å². The van der Waals surface area contributed by atoms with Gasteiger partial charge in [0.1, 0.15) is 0 Å². The molecule has 0 aromatic carbocycles. The Bertz CT molecular complexity index is 874. The molecule has 0 aromatic rings. The number of rotatable bonds is 12. The molecule has 1 saturated heterocycles. The van der Waals surface area contributed by atoms with Gasteiger partial charge in [0.2, 0.25) is 0 Å². The maximum absolute atomic E-state index is 3.67. The highest BCUT2D eigenvalue weighted by Crippen LogP contribution is 3.23. The largest absolute Gasteiger partial charge is 0.266 e. The minimum atomic E-state index is -0.124. The Kier molecular flexibility index (Phi) is 16.7. The molecule has 1 aliphatic heterocycles. The molecule has 320 valence electrons. The van der Waals surface area contributed by atoms with Gasteiger partial charge >= 0.3 is 0 Å². The van der Waals surface area contributed by atoms with Gasteiger partial charge in [-0.25, -0.2) is 0 Å². The van der Waals surface area contributed by atoms with Gasteiger partial charge in [0.15, 0.2) is 0 Å². The van der Waals surface area contributed by atoms with E-state index in [1.54, 1.807) is 103 Å². The monoisotopic (exact) mass is 845 g/mol. The summed E-state index contributed by atoms with van der Waals surface area (Å²) < 4.78 is 14.7. The summed E-state index contributed by atoms with van der Waals surface area (Å²) in [4.78, 5) is 0. The SMILES string of the molecule is C1CCC(N(C2CCCCC2)P2P(N(C3CCCCC3)C3CCCCC3)P(N(C3CCCCC3)C3CCCCC3)P2N(C2CCCCC2)C2CCCCC2)CC1. The molecule has 9 fully saturated rings. The van der Waals surface area contributed by atoms with E-state index in [0.29, 0.717) is 0 Å². The molecule has 8 aliphatic carbocycles. The molecule has 0 N–H and O–H groups in total. The Labute approximate surface area is 352 Å². The Morgan fingerprint density at radius 3 is 0.375 bits per heavy atom. The molecule has 8 saturated carbocycles. The lowest BCUT2D eigenvalue weighted by molar-refractivity contribution is 0.165. The van der Waals surface area contributed by atoms with Crippen molar-refractivity contribution >= 4 is 29.8 Å². The Morgan fingerprint density at radius 1 is 0.161 bits per heavy atom. The van der Waals surface area contributed by atoms with Crippen molar-refractivity contribution in [2.45, 2.75) is 305 Å². The molecular formula is C48H88N4P4. The molecule has 56 heavy (non-hydrogen) atoms.